The van der Waals surface area contributed by atoms with Gasteiger partial charge in [0.1, 0.15) is 29.4 Å². The van der Waals surface area contributed by atoms with Gasteiger partial charge in [-0.2, -0.15) is 4.37 Å². The molecule has 0 atom stereocenters. The molecule has 3 heterocycles. The molecule has 2 aliphatic rings. The Bertz CT molecular complexity index is 1950. The predicted octanol–water partition coefficient (Wildman–Crippen LogP) is 8.74. The molecule has 2 aromatic heterocycles. The summed E-state index contributed by atoms with van der Waals surface area (Å²) in [6.07, 6.45) is -2.82. The number of para-hydroxylation sites is 1. The molecule has 1 aliphatic carbocycles. The van der Waals surface area contributed by atoms with E-state index in [1.165, 1.54) is 48.2 Å². The fourth-order valence-electron chi connectivity index (χ4n) is 5.53. The number of benzene rings is 3. The summed E-state index contributed by atoms with van der Waals surface area (Å²) in [7, 11) is 1.49. The Morgan fingerprint density at radius 2 is 1.87 bits per heavy atom. The summed E-state index contributed by atoms with van der Waals surface area (Å²) in [5.74, 6) is 0.101. The van der Waals surface area contributed by atoms with E-state index in [2.05, 4.69) is 14.0 Å². The first-order chi connectivity index (χ1) is 22.1. The van der Waals surface area contributed by atoms with Gasteiger partial charge in [0, 0.05) is 40.0 Å². The van der Waals surface area contributed by atoms with Gasteiger partial charge in [-0.15, -0.1) is 13.2 Å². The van der Waals surface area contributed by atoms with Crippen LogP contribution in [0.4, 0.5) is 18.3 Å². The van der Waals surface area contributed by atoms with Gasteiger partial charge < -0.3 is 24.2 Å². The number of methoxy groups -OCH3 is 1. The van der Waals surface area contributed by atoms with Gasteiger partial charge in [-0.1, -0.05) is 41.1 Å². The van der Waals surface area contributed by atoms with Gasteiger partial charge in [0.05, 0.1) is 23.1 Å². The average molecular weight is 688 g/mol. The summed E-state index contributed by atoms with van der Waals surface area (Å²) in [5.41, 5.74) is 3.18. The van der Waals surface area contributed by atoms with Gasteiger partial charge in [-0.25, -0.2) is 9.78 Å². The number of hydrogen-bond donors (Lipinski definition) is 1. The molecule has 2 fully saturated rings. The van der Waals surface area contributed by atoms with Crippen LogP contribution in [0.3, 0.4) is 0 Å². The first kappa shape index (κ1) is 30.6. The van der Waals surface area contributed by atoms with E-state index < -0.39 is 12.3 Å². The molecule has 8 nitrogen and oxygen atoms in total. The fourth-order valence-corrected chi connectivity index (χ4v) is 7.95. The van der Waals surface area contributed by atoms with Crippen molar-refractivity contribution in [2.45, 2.75) is 37.6 Å². The zero-order chi connectivity index (χ0) is 32.2. The number of carboxylic acids is 1. The van der Waals surface area contributed by atoms with E-state index in [-0.39, 0.29) is 29.4 Å². The molecule has 1 N–H and O–H groups in total. The molecule has 3 aromatic carbocycles. The molecule has 0 bridgehead atoms. The molecule has 0 unspecified atom stereocenters. The van der Waals surface area contributed by atoms with E-state index in [0.29, 0.717) is 46.7 Å². The van der Waals surface area contributed by atoms with Crippen LogP contribution in [0.25, 0.3) is 21.5 Å². The molecular weight excluding hydrogens is 663 g/mol. The number of carbonyl (C=O) groups is 1. The van der Waals surface area contributed by atoms with E-state index in [1.54, 1.807) is 24.3 Å². The van der Waals surface area contributed by atoms with Crippen LogP contribution in [-0.4, -0.2) is 47.0 Å². The molecule has 1 aliphatic heterocycles. The molecule has 0 spiro atoms. The summed E-state index contributed by atoms with van der Waals surface area (Å²) in [6.45, 7) is 1.49. The van der Waals surface area contributed by atoms with Crippen molar-refractivity contribution >= 4 is 55.8 Å². The number of fused-ring (bicyclic) bond motifs is 1. The van der Waals surface area contributed by atoms with E-state index in [9.17, 15) is 23.1 Å². The number of aromatic carboxylic acids is 1. The minimum Gasteiger partial charge on any atom is -0.494 e. The topological polar surface area (TPSA) is 94.0 Å². The summed E-state index contributed by atoms with van der Waals surface area (Å²) in [5, 5.41) is 10.7. The van der Waals surface area contributed by atoms with Gasteiger partial charge in [0.2, 0.25) is 0 Å². The van der Waals surface area contributed by atoms with E-state index in [4.69, 9.17) is 26.1 Å². The predicted molar refractivity (Wildman–Crippen MR) is 170 cm³/mol. The highest BCUT2D eigenvalue weighted by Crippen LogP contribution is 2.48. The molecule has 7 rings (SSSR count). The van der Waals surface area contributed by atoms with Crippen LogP contribution < -0.4 is 19.1 Å². The standard InChI is InChI=1S/C32H25ClF3N3O5S2/c1-42-25-10-17(30(40)41)11-26-28(25)37-31(45-26)39-13-18(14-39)20-9-8-19(12-23(20)33)43-15-22-27(38-46-29(22)16-6-7-16)21-4-2-3-5-24(21)44-32(34,35)36/h2-5,8-12,16,18H,6-7,13-15H2,1H3,(H,40,41). The number of alkyl halides is 3. The second-order valence-corrected chi connectivity index (χ2v) is 13.3. The number of carboxylic acid groups (broad SMARTS) is 1. The van der Waals surface area contributed by atoms with Crippen LogP contribution in [0.2, 0.25) is 5.02 Å². The van der Waals surface area contributed by atoms with Crippen molar-refractivity contribution in [1.82, 2.24) is 9.36 Å². The van der Waals surface area contributed by atoms with Gasteiger partial charge >= 0.3 is 12.3 Å². The number of aromatic nitrogens is 2. The largest absolute Gasteiger partial charge is 0.573 e. The minimum absolute atomic E-state index is 0.121. The molecule has 5 aromatic rings. The smallest absolute Gasteiger partial charge is 0.494 e. The monoisotopic (exact) mass is 687 g/mol. The van der Waals surface area contributed by atoms with Crippen molar-refractivity contribution < 1.29 is 37.3 Å². The molecule has 0 radical (unpaired) electrons. The van der Waals surface area contributed by atoms with Crippen LogP contribution in [0, 0.1) is 0 Å². The molecule has 0 amide bonds. The van der Waals surface area contributed by atoms with Gasteiger partial charge in [-0.3, -0.25) is 0 Å². The first-order valence-electron chi connectivity index (χ1n) is 14.3. The lowest BCUT2D eigenvalue weighted by Crippen LogP contribution is -2.45. The minimum atomic E-state index is -4.83. The quantitative estimate of drug-likeness (QED) is 0.156. The second kappa shape index (κ2) is 11.9. The molecule has 14 heteroatoms. The Hall–Kier alpha value is -4.07. The average Bonchev–Trinajstić information content (AvgIpc) is 3.61. The van der Waals surface area contributed by atoms with Crippen molar-refractivity contribution in [2.75, 3.05) is 25.1 Å². The van der Waals surface area contributed by atoms with Crippen molar-refractivity contribution in [3.8, 4) is 28.5 Å². The molecule has 1 saturated heterocycles. The second-order valence-electron chi connectivity index (χ2n) is 11.1. The van der Waals surface area contributed by atoms with Gasteiger partial charge in [0.25, 0.3) is 0 Å². The third kappa shape index (κ3) is 6.06. The lowest BCUT2D eigenvalue weighted by molar-refractivity contribution is -0.274. The van der Waals surface area contributed by atoms with Crippen LogP contribution in [0.1, 0.15) is 51.0 Å². The Balaban J connectivity index is 1.06. The van der Waals surface area contributed by atoms with Gasteiger partial charge in [-0.05, 0) is 72.3 Å². The fraction of sp³-hybridized carbons (Fsp3) is 0.281. The maximum absolute atomic E-state index is 13.1. The Labute approximate surface area is 274 Å². The Morgan fingerprint density at radius 1 is 1.09 bits per heavy atom. The van der Waals surface area contributed by atoms with Crippen molar-refractivity contribution in [3.05, 3.63) is 81.2 Å². The maximum Gasteiger partial charge on any atom is 0.573 e. The highest BCUT2D eigenvalue weighted by molar-refractivity contribution is 7.22. The highest BCUT2D eigenvalue weighted by atomic mass is 35.5. The molecule has 46 heavy (non-hydrogen) atoms. The number of rotatable bonds is 10. The first-order valence-corrected chi connectivity index (χ1v) is 16.3. The lowest BCUT2D eigenvalue weighted by atomic mass is 9.92. The van der Waals surface area contributed by atoms with E-state index in [1.807, 2.05) is 12.1 Å². The van der Waals surface area contributed by atoms with Gasteiger partial charge in [0.15, 0.2) is 5.13 Å². The summed E-state index contributed by atoms with van der Waals surface area (Å²) >= 11 is 9.43. The summed E-state index contributed by atoms with van der Waals surface area (Å²) < 4.78 is 60.5. The Morgan fingerprint density at radius 3 is 2.57 bits per heavy atom. The number of anilines is 1. The third-order valence-corrected chi connectivity index (χ3v) is 10.4. The van der Waals surface area contributed by atoms with E-state index in [0.717, 1.165) is 38.7 Å². The number of halogens is 4. The van der Waals surface area contributed by atoms with Crippen molar-refractivity contribution in [2.24, 2.45) is 0 Å². The van der Waals surface area contributed by atoms with Crippen LogP contribution in [0.5, 0.6) is 17.2 Å². The normalized spacial score (nSPS) is 15.2. The third-order valence-electron chi connectivity index (χ3n) is 8.00. The molecule has 1 saturated carbocycles. The van der Waals surface area contributed by atoms with Crippen LogP contribution in [0.15, 0.2) is 54.6 Å². The Kier molecular flexibility index (Phi) is 7.94. The van der Waals surface area contributed by atoms with Crippen LogP contribution in [-0.2, 0) is 6.61 Å². The molecule has 238 valence electrons. The number of nitrogens with zero attached hydrogens (tertiary/aromatic N) is 3. The zero-order valence-electron chi connectivity index (χ0n) is 24.1. The number of thiazole rings is 1. The molecular formula is C32H25ClF3N3O5S2. The summed E-state index contributed by atoms with van der Waals surface area (Å²) in [6, 6.07) is 14.6. The zero-order valence-corrected chi connectivity index (χ0v) is 26.5. The SMILES string of the molecule is COc1cc(C(=O)O)cc2sc(N3CC(c4ccc(OCc5c(-c6ccccc6OC(F)(F)F)nsc5C5CC5)cc4Cl)C3)nc12. The lowest BCUT2D eigenvalue weighted by Gasteiger charge is -2.39. The van der Waals surface area contributed by atoms with Crippen LogP contribution >= 0.6 is 34.5 Å². The number of hydrogen-bond acceptors (Lipinski definition) is 9. The van der Waals surface area contributed by atoms with E-state index >= 15 is 0 Å². The van der Waals surface area contributed by atoms with Crippen molar-refractivity contribution in [3.63, 3.8) is 0 Å². The number of ether oxygens (including phenoxy) is 3. The summed E-state index contributed by atoms with van der Waals surface area (Å²) in [4.78, 5) is 19.3. The maximum atomic E-state index is 13.1. The highest BCUT2D eigenvalue weighted by Gasteiger charge is 2.35. The van der Waals surface area contributed by atoms with Crippen molar-refractivity contribution in [1.29, 1.82) is 0 Å².